The molecule has 0 N–H and O–H groups in total. The second-order valence-corrected chi connectivity index (χ2v) is 8.51. The monoisotopic (exact) mass is 494 g/mol. The molecule has 0 bridgehead atoms. The first-order chi connectivity index (χ1) is 18.1. The molecule has 37 heavy (non-hydrogen) atoms. The second kappa shape index (κ2) is 10.9. The minimum absolute atomic E-state index is 0.119. The third-order valence-corrected chi connectivity index (χ3v) is 6.02. The van der Waals surface area contributed by atoms with Gasteiger partial charge >= 0.3 is 0 Å². The van der Waals surface area contributed by atoms with Crippen LogP contribution in [-0.2, 0) is 24.5 Å². The van der Waals surface area contributed by atoms with Gasteiger partial charge in [-0.3, -0.25) is 14.2 Å². The lowest BCUT2D eigenvalue weighted by atomic mass is 10.2. The van der Waals surface area contributed by atoms with Crippen LogP contribution < -0.4 is 10.3 Å². The molecule has 2 heterocycles. The minimum Gasteiger partial charge on any atom is -0.489 e. The summed E-state index contributed by atoms with van der Waals surface area (Å²) in [6.45, 7) is 3.19. The average Bonchev–Trinajstić information content (AvgIpc) is 3.39. The zero-order chi connectivity index (χ0) is 25.6. The van der Waals surface area contributed by atoms with Crippen molar-refractivity contribution in [3.05, 3.63) is 113 Å². The van der Waals surface area contributed by atoms with E-state index < -0.39 is 5.56 Å². The van der Waals surface area contributed by atoms with Gasteiger partial charge in [-0.2, -0.15) is 4.68 Å². The molecule has 0 aliphatic heterocycles. The number of para-hydroxylation sites is 1. The van der Waals surface area contributed by atoms with Crippen LogP contribution >= 0.6 is 0 Å². The number of fused-ring (bicyclic) bond motifs is 1. The number of hydrogen-bond donors (Lipinski definition) is 0. The number of amides is 1. The number of carbonyl (C=O) groups is 1. The van der Waals surface area contributed by atoms with Gasteiger partial charge in [0.1, 0.15) is 25.2 Å². The number of likely N-dealkylation sites (N-methyl/N-ethyl adjacent to an activating group) is 1. The highest BCUT2D eigenvalue weighted by molar-refractivity contribution is 5.77. The highest BCUT2D eigenvalue weighted by Crippen LogP contribution is 2.16. The number of benzene rings is 3. The maximum absolute atomic E-state index is 13.1. The summed E-state index contributed by atoms with van der Waals surface area (Å²) >= 11 is 0. The summed E-state index contributed by atoms with van der Waals surface area (Å²) in [4.78, 5) is 32.1. The highest BCUT2D eigenvalue weighted by atomic mass is 16.5. The van der Waals surface area contributed by atoms with Crippen LogP contribution in [0.5, 0.6) is 5.75 Å². The number of rotatable bonds is 9. The topological polar surface area (TPSA) is 95.1 Å². The Hall–Kier alpha value is -4.79. The molecule has 0 radical (unpaired) electrons. The summed E-state index contributed by atoms with van der Waals surface area (Å²) in [5.41, 5.74) is 2.87. The summed E-state index contributed by atoms with van der Waals surface area (Å²) in [5, 5.41) is 8.09. The van der Waals surface area contributed by atoms with E-state index in [9.17, 15) is 9.59 Å². The number of nitrogens with zero attached hydrogens (tertiary/aromatic N) is 6. The quantitative estimate of drug-likeness (QED) is 0.311. The van der Waals surface area contributed by atoms with Crippen molar-refractivity contribution in [2.45, 2.75) is 26.6 Å². The van der Waals surface area contributed by atoms with Crippen molar-refractivity contribution in [2.75, 3.05) is 6.54 Å². The molecule has 186 valence electrons. The van der Waals surface area contributed by atoms with Gasteiger partial charge in [-0.15, -0.1) is 5.10 Å². The van der Waals surface area contributed by atoms with E-state index in [0.29, 0.717) is 25.3 Å². The third kappa shape index (κ3) is 5.40. The van der Waals surface area contributed by atoms with E-state index in [1.54, 1.807) is 4.90 Å². The van der Waals surface area contributed by atoms with Crippen molar-refractivity contribution in [2.24, 2.45) is 0 Å². The average molecular weight is 495 g/mol. The first-order valence-corrected chi connectivity index (χ1v) is 12.0. The molecule has 0 aliphatic carbocycles. The first-order valence-electron chi connectivity index (χ1n) is 12.0. The lowest BCUT2D eigenvalue weighted by molar-refractivity contribution is -0.132. The lowest BCUT2D eigenvalue weighted by Crippen LogP contribution is -2.36. The molecule has 0 fully saturated rings. The Morgan fingerprint density at radius 2 is 1.62 bits per heavy atom. The third-order valence-electron chi connectivity index (χ3n) is 6.02. The van der Waals surface area contributed by atoms with Crippen LogP contribution in [-0.4, -0.2) is 41.9 Å². The van der Waals surface area contributed by atoms with Crippen LogP contribution in [0.2, 0.25) is 0 Å². The lowest BCUT2D eigenvalue weighted by Gasteiger charge is -2.21. The van der Waals surface area contributed by atoms with E-state index in [-0.39, 0.29) is 18.0 Å². The maximum Gasteiger partial charge on any atom is 0.284 e. The predicted octanol–water partition coefficient (Wildman–Crippen LogP) is 3.60. The Kier molecular flexibility index (Phi) is 7.02. The van der Waals surface area contributed by atoms with Crippen molar-refractivity contribution < 1.29 is 9.53 Å². The molecule has 0 aliphatic rings. The smallest absolute Gasteiger partial charge is 0.284 e. The molecule has 2 aromatic heterocycles. The fourth-order valence-electron chi connectivity index (χ4n) is 3.97. The summed E-state index contributed by atoms with van der Waals surface area (Å²) < 4.78 is 8.63. The van der Waals surface area contributed by atoms with Gasteiger partial charge in [0, 0.05) is 13.1 Å². The molecule has 0 atom stereocenters. The van der Waals surface area contributed by atoms with Gasteiger partial charge in [-0.1, -0.05) is 65.9 Å². The molecule has 0 spiro atoms. The standard InChI is InChI=1S/C28H26N6O3/c1-2-32(17-21-13-15-24(16-14-21)37-19-22-9-5-3-6-10-22)25(35)18-33-20-29-27-26(28(33)36)30-31-34(27)23-11-7-4-8-12-23/h3-16,20H,2,17-19H2,1H3. The fourth-order valence-corrected chi connectivity index (χ4v) is 3.97. The molecule has 9 heteroatoms. The fraction of sp³-hybridized carbons (Fsp3) is 0.179. The van der Waals surface area contributed by atoms with Crippen LogP contribution in [0.25, 0.3) is 16.9 Å². The normalized spacial score (nSPS) is 10.9. The zero-order valence-corrected chi connectivity index (χ0v) is 20.4. The van der Waals surface area contributed by atoms with Gasteiger partial charge in [-0.25, -0.2) is 4.98 Å². The van der Waals surface area contributed by atoms with E-state index in [1.807, 2.05) is 91.9 Å². The van der Waals surface area contributed by atoms with Gasteiger partial charge in [-0.05, 0) is 42.3 Å². The number of hydrogen-bond acceptors (Lipinski definition) is 6. The van der Waals surface area contributed by atoms with Crippen molar-refractivity contribution in [3.63, 3.8) is 0 Å². The minimum atomic E-state index is -0.406. The van der Waals surface area contributed by atoms with Crippen molar-refractivity contribution in [1.29, 1.82) is 0 Å². The number of ether oxygens (including phenoxy) is 1. The number of carbonyl (C=O) groups excluding carboxylic acids is 1. The van der Waals surface area contributed by atoms with Crippen molar-refractivity contribution in [3.8, 4) is 11.4 Å². The molecule has 5 aromatic rings. The summed E-state index contributed by atoms with van der Waals surface area (Å²) in [6.07, 6.45) is 1.37. The second-order valence-electron chi connectivity index (χ2n) is 8.51. The van der Waals surface area contributed by atoms with Crippen LogP contribution in [0.1, 0.15) is 18.1 Å². The molecule has 1 amide bonds. The van der Waals surface area contributed by atoms with Gasteiger partial charge in [0.15, 0.2) is 11.2 Å². The molecular weight excluding hydrogens is 468 g/mol. The van der Waals surface area contributed by atoms with Gasteiger partial charge < -0.3 is 9.64 Å². The van der Waals surface area contributed by atoms with Crippen LogP contribution in [0.4, 0.5) is 0 Å². The van der Waals surface area contributed by atoms with E-state index in [1.165, 1.54) is 15.6 Å². The maximum atomic E-state index is 13.1. The molecule has 0 unspecified atom stereocenters. The van der Waals surface area contributed by atoms with E-state index in [2.05, 4.69) is 15.3 Å². The van der Waals surface area contributed by atoms with E-state index in [0.717, 1.165) is 22.6 Å². The summed E-state index contributed by atoms with van der Waals surface area (Å²) in [5.74, 6) is 0.571. The van der Waals surface area contributed by atoms with E-state index >= 15 is 0 Å². The Bertz CT molecular complexity index is 1550. The molecule has 0 saturated heterocycles. The predicted molar refractivity (Wildman–Crippen MR) is 139 cm³/mol. The molecule has 0 saturated carbocycles. The summed E-state index contributed by atoms with van der Waals surface area (Å²) in [6, 6.07) is 27.0. The first kappa shape index (κ1) is 23.9. The van der Waals surface area contributed by atoms with Gasteiger partial charge in [0.2, 0.25) is 5.91 Å². The number of aromatic nitrogens is 5. The van der Waals surface area contributed by atoms with Crippen LogP contribution in [0.3, 0.4) is 0 Å². The SMILES string of the molecule is CCN(Cc1ccc(OCc2ccccc2)cc1)C(=O)Cn1cnc2c(nnn2-c2ccccc2)c1=O. The molecule has 9 nitrogen and oxygen atoms in total. The highest BCUT2D eigenvalue weighted by Gasteiger charge is 2.17. The zero-order valence-electron chi connectivity index (χ0n) is 20.4. The van der Waals surface area contributed by atoms with E-state index in [4.69, 9.17) is 4.74 Å². The molecule has 5 rings (SSSR count). The van der Waals surface area contributed by atoms with Crippen molar-refractivity contribution >= 4 is 17.1 Å². The van der Waals surface area contributed by atoms with Crippen LogP contribution in [0.15, 0.2) is 96.1 Å². The van der Waals surface area contributed by atoms with Crippen LogP contribution in [0, 0.1) is 0 Å². The molecular formula is C28H26N6O3. The summed E-state index contributed by atoms with van der Waals surface area (Å²) in [7, 11) is 0. The molecule has 3 aromatic carbocycles. The Balaban J connectivity index is 1.25. The largest absolute Gasteiger partial charge is 0.489 e. The van der Waals surface area contributed by atoms with Gasteiger partial charge in [0.25, 0.3) is 5.56 Å². The Morgan fingerprint density at radius 3 is 2.32 bits per heavy atom. The van der Waals surface area contributed by atoms with Crippen molar-refractivity contribution in [1.82, 2.24) is 29.4 Å². The van der Waals surface area contributed by atoms with Gasteiger partial charge in [0.05, 0.1) is 5.69 Å². The Labute approximate surface area is 213 Å². The Morgan fingerprint density at radius 1 is 0.919 bits per heavy atom.